The Hall–Kier alpha value is -3.03. The number of benzene rings is 2. The van der Waals surface area contributed by atoms with E-state index >= 15 is 0 Å². The minimum Gasteiger partial charge on any atom is -0.484 e. The fourth-order valence-corrected chi connectivity index (χ4v) is 3.15. The Morgan fingerprint density at radius 1 is 1.00 bits per heavy atom. The lowest BCUT2D eigenvalue weighted by atomic mass is 9.95. The van der Waals surface area contributed by atoms with Gasteiger partial charge in [-0.3, -0.25) is 9.59 Å². The fraction of sp³-hybridized carbons (Fsp3) is 0.333. The van der Waals surface area contributed by atoms with Crippen molar-refractivity contribution in [2.45, 2.75) is 19.0 Å². The first-order valence-corrected chi connectivity index (χ1v) is 9.26. The van der Waals surface area contributed by atoms with Crippen LogP contribution in [0.25, 0.3) is 0 Å². The number of piperidine rings is 1. The molecule has 0 aromatic heterocycles. The molecule has 2 aromatic carbocycles. The zero-order valence-corrected chi connectivity index (χ0v) is 15.6. The van der Waals surface area contributed by atoms with Crippen LogP contribution in [0.5, 0.6) is 5.75 Å². The van der Waals surface area contributed by atoms with Crippen LogP contribution in [-0.4, -0.2) is 42.6 Å². The smallest absolute Gasteiger partial charge is 0.422 e. The number of alkyl halides is 3. The molecule has 0 spiro atoms. The molecule has 0 aliphatic carbocycles. The van der Waals surface area contributed by atoms with Gasteiger partial charge in [0, 0.05) is 30.3 Å². The van der Waals surface area contributed by atoms with E-state index in [1.165, 1.54) is 24.3 Å². The van der Waals surface area contributed by atoms with Crippen molar-refractivity contribution in [2.75, 3.05) is 25.0 Å². The van der Waals surface area contributed by atoms with Crippen LogP contribution in [0.1, 0.15) is 23.2 Å². The number of carbonyl (C=O) groups excluding carboxylic acids is 2. The number of rotatable bonds is 5. The molecule has 1 N–H and O–H groups in total. The van der Waals surface area contributed by atoms with E-state index in [0.29, 0.717) is 31.5 Å². The van der Waals surface area contributed by atoms with Crippen LogP contribution in [0, 0.1) is 5.92 Å². The Morgan fingerprint density at radius 2 is 1.62 bits per heavy atom. The van der Waals surface area contributed by atoms with E-state index in [-0.39, 0.29) is 23.5 Å². The van der Waals surface area contributed by atoms with Crippen molar-refractivity contribution in [3.05, 3.63) is 60.2 Å². The van der Waals surface area contributed by atoms with Crippen molar-refractivity contribution in [1.29, 1.82) is 0 Å². The summed E-state index contributed by atoms with van der Waals surface area (Å²) < 4.78 is 41.2. The summed E-state index contributed by atoms with van der Waals surface area (Å²) in [5, 5.41) is 2.88. The number of anilines is 1. The van der Waals surface area contributed by atoms with Crippen molar-refractivity contribution in [3.63, 3.8) is 0 Å². The quantitative estimate of drug-likeness (QED) is 0.813. The Balaban J connectivity index is 1.50. The van der Waals surface area contributed by atoms with Crippen LogP contribution < -0.4 is 10.1 Å². The molecule has 2 aromatic rings. The van der Waals surface area contributed by atoms with E-state index in [0.717, 1.165) is 5.69 Å². The van der Waals surface area contributed by atoms with Crippen molar-refractivity contribution < 1.29 is 27.5 Å². The second-order valence-electron chi connectivity index (χ2n) is 6.85. The van der Waals surface area contributed by atoms with Gasteiger partial charge in [0.25, 0.3) is 5.91 Å². The van der Waals surface area contributed by atoms with Crippen LogP contribution >= 0.6 is 0 Å². The van der Waals surface area contributed by atoms with Gasteiger partial charge in [-0.05, 0) is 49.2 Å². The van der Waals surface area contributed by atoms with Crippen LogP contribution in [0.3, 0.4) is 0 Å². The van der Waals surface area contributed by atoms with Gasteiger partial charge in [0.1, 0.15) is 5.75 Å². The largest absolute Gasteiger partial charge is 0.484 e. The van der Waals surface area contributed by atoms with E-state index in [2.05, 4.69) is 10.1 Å². The predicted molar refractivity (Wildman–Crippen MR) is 102 cm³/mol. The van der Waals surface area contributed by atoms with Crippen LogP contribution in [0.15, 0.2) is 54.6 Å². The molecular weight excluding hydrogens is 385 g/mol. The maximum atomic E-state index is 12.6. The van der Waals surface area contributed by atoms with Gasteiger partial charge >= 0.3 is 6.18 Å². The molecule has 29 heavy (non-hydrogen) atoms. The first kappa shape index (κ1) is 20.7. The fourth-order valence-electron chi connectivity index (χ4n) is 3.15. The summed E-state index contributed by atoms with van der Waals surface area (Å²) in [5.41, 5.74) is 1.11. The van der Waals surface area contributed by atoms with Gasteiger partial charge in [-0.15, -0.1) is 0 Å². The summed E-state index contributed by atoms with van der Waals surface area (Å²) in [6, 6.07) is 14.8. The monoisotopic (exact) mass is 406 g/mol. The third kappa shape index (κ3) is 5.97. The number of para-hydroxylation sites is 1. The maximum absolute atomic E-state index is 12.6. The molecule has 1 saturated heterocycles. The zero-order chi connectivity index (χ0) is 20.9. The lowest BCUT2D eigenvalue weighted by Crippen LogP contribution is -2.41. The highest BCUT2D eigenvalue weighted by molar-refractivity contribution is 5.95. The maximum Gasteiger partial charge on any atom is 0.422 e. The van der Waals surface area contributed by atoms with Gasteiger partial charge < -0.3 is 15.0 Å². The molecule has 3 rings (SSSR count). The standard InChI is InChI=1S/C21H21F3N2O3/c22-21(23,24)14-29-18-8-6-16(7-9-18)20(28)26-12-10-15(11-13-26)19(27)25-17-4-2-1-3-5-17/h1-9,15H,10-14H2,(H,25,27). The molecule has 1 aliphatic heterocycles. The minimum atomic E-state index is -4.41. The summed E-state index contributed by atoms with van der Waals surface area (Å²) >= 11 is 0. The second-order valence-corrected chi connectivity index (χ2v) is 6.85. The van der Waals surface area contributed by atoms with Crippen molar-refractivity contribution in [1.82, 2.24) is 4.90 Å². The van der Waals surface area contributed by atoms with E-state index in [1.807, 2.05) is 30.3 Å². The number of hydrogen-bond donors (Lipinski definition) is 1. The number of nitrogens with zero attached hydrogens (tertiary/aromatic N) is 1. The van der Waals surface area contributed by atoms with E-state index in [1.54, 1.807) is 4.90 Å². The number of ether oxygens (including phenoxy) is 1. The normalized spacial score (nSPS) is 15.1. The number of nitrogens with one attached hydrogen (secondary N) is 1. The SMILES string of the molecule is O=C(Nc1ccccc1)C1CCN(C(=O)c2ccc(OCC(F)(F)F)cc2)CC1. The summed E-state index contributed by atoms with van der Waals surface area (Å²) in [6.07, 6.45) is -3.31. The Labute approximate surface area is 166 Å². The first-order valence-electron chi connectivity index (χ1n) is 9.26. The van der Waals surface area contributed by atoms with Crippen LogP contribution in [-0.2, 0) is 4.79 Å². The Kier molecular flexibility index (Phi) is 6.41. The van der Waals surface area contributed by atoms with Gasteiger partial charge in [-0.2, -0.15) is 13.2 Å². The number of amides is 2. The topological polar surface area (TPSA) is 58.6 Å². The molecule has 1 fully saturated rings. The molecular formula is C21H21F3N2O3. The van der Waals surface area contributed by atoms with Crippen molar-refractivity contribution >= 4 is 17.5 Å². The molecule has 1 heterocycles. The Morgan fingerprint density at radius 3 is 2.21 bits per heavy atom. The lowest BCUT2D eigenvalue weighted by molar-refractivity contribution is -0.153. The zero-order valence-electron chi connectivity index (χ0n) is 15.6. The average molecular weight is 406 g/mol. The summed E-state index contributed by atoms with van der Waals surface area (Å²) in [5.74, 6) is -0.392. The highest BCUT2D eigenvalue weighted by Gasteiger charge is 2.29. The van der Waals surface area contributed by atoms with E-state index < -0.39 is 12.8 Å². The number of likely N-dealkylation sites (tertiary alicyclic amines) is 1. The minimum absolute atomic E-state index is 0.0511. The Bertz CT molecular complexity index is 830. The predicted octanol–water partition coefficient (Wildman–Crippen LogP) is 4.12. The second kappa shape index (κ2) is 8.98. The van der Waals surface area contributed by atoms with E-state index in [4.69, 9.17) is 0 Å². The molecule has 8 heteroatoms. The average Bonchev–Trinajstić information content (AvgIpc) is 2.72. The first-order chi connectivity index (χ1) is 13.8. The summed E-state index contributed by atoms with van der Waals surface area (Å²) in [6.45, 7) is -0.491. The highest BCUT2D eigenvalue weighted by atomic mass is 19.4. The van der Waals surface area contributed by atoms with Crippen molar-refractivity contribution in [2.24, 2.45) is 5.92 Å². The molecule has 0 unspecified atom stereocenters. The van der Waals surface area contributed by atoms with Gasteiger partial charge in [0.05, 0.1) is 0 Å². The molecule has 2 amide bonds. The van der Waals surface area contributed by atoms with Crippen LogP contribution in [0.2, 0.25) is 0 Å². The highest BCUT2D eigenvalue weighted by Crippen LogP contribution is 2.23. The molecule has 0 saturated carbocycles. The summed E-state index contributed by atoms with van der Waals surface area (Å²) in [4.78, 5) is 26.6. The molecule has 0 atom stereocenters. The summed E-state index contributed by atoms with van der Waals surface area (Å²) in [7, 11) is 0. The molecule has 0 bridgehead atoms. The van der Waals surface area contributed by atoms with Gasteiger partial charge in [0.15, 0.2) is 6.61 Å². The molecule has 1 aliphatic rings. The number of carbonyl (C=O) groups is 2. The van der Waals surface area contributed by atoms with Crippen molar-refractivity contribution in [3.8, 4) is 5.75 Å². The lowest BCUT2D eigenvalue weighted by Gasteiger charge is -2.31. The van der Waals surface area contributed by atoms with Gasteiger partial charge in [-0.1, -0.05) is 18.2 Å². The van der Waals surface area contributed by atoms with Gasteiger partial charge in [0.2, 0.25) is 5.91 Å². The molecule has 5 nitrogen and oxygen atoms in total. The number of halogens is 3. The molecule has 154 valence electrons. The third-order valence-electron chi connectivity index (χ3n) is 4.70. The molecule has 0 radical (unpaired) electrons. The number of hydrogen-bond acceptors (Lipinski definition) is 3. The van der Waals surface area contributed by atoms with Crippen LogP contribution in [0.4, 0.5) is 18.9 Å². The van der Waals surface area contributed by atoms with Gasteiger partial charge in [-0.25, -0.2) is 0 Å². The third-order valence-corrected chi connectivity index (χ3v) is 4.70. The van der Waals surface area contributed by atoms with E-state index in [9.17, 15) is 22.8 Å².